The van der Waals surface area contributed by atoms with Gasteiger partial charge in [0.15, 0.2) is 5.92 Å². The molecule has 23 heavy (non-hydrogen) atoms. The predicted octanol–water partition coefficient (Wildman–Crippen LogP) is 2.49. The molecule has 0 atom stereocenters. The monoisotopic (exact) mass is 318 g/mol. The molecule has 0 aliphatic heterocycles. The van der Waals surface area contributed by atoms with Gasteiger partial charge in [0, 0.05) is 29.8 Å². The van der Waals surface area contributed by atoms with Gasteiger partial charge in [0.25, 0.3) is 0 Å². The van der Waals surface area contributed by atoms with E-state index >= 15 is 0 Å². The van der Waals surface area contributed by atoms with E-state index in [4.69, 9.17) is 9.47 Å². The number of rotatable bonds is 7. The summed E-state index contributed by atoms with van der Waals surface area (Å²) in [5, 5.41) is 4.09. The van der Waals surface area contributed by atoms with E-state index in [0.29, 0.717) is 0 Å². The van der Waals surface area contributed by atoms with E-state index in [1.807, 2.05) is 31.4 Å². The van der Waals surface area contributed by atoms with Crippen LogP contribution in [0, 0.1) is 5.92 Å². The van der Waals surface area contributed by atoms with Gasteiger partial charge in [-0.3, -0.25) is 9.59 Å². The second-order valence-corrected chi connectivity index (χ2v) is 5.05. The van der Waals surface area contributed by atoms with Crippen LogP contribution in [-0.4, -0.2) is 37.2 Å². The molecule has 0 fully saturated rings. The summed E-state index contributed by atoms with van der Waals surface area (Å²) in [6, 6.07) is 5.83. The average Bonchev–Trinajstić information content (AvgIpc) is 2.96. The minimum atomic E-state index is -0.959. The first-order valence-electron chi connectivity index (χ1n) is 7.72. The molecule has 0 saturated carbocycles. The van der Waals surface area contributed by atoms with E-state index in [9.17, 15) is 9.59 Å². The molecule has 1 heterocycles. The maximum atomic E-state index is 12.1. The fourth-order valence-corrected chi connectivity index (χ4v) is 2.59. The highest BCUT2D eigenvalue weighted by atomic mass is 16.6. The van der Waals surface area contributed by atoms with Crippen LogP contribution in [0.2, 0.25) is 0 Å². The first-order valence-corrected chi connectivity index (χ1v) is 7.72. The summed E-state index contributed by atoms with van der Waals surface area (Å²) in [5.41, 5.74) is 2.75. The minimum absolute atomic E-state index is 0.227. The average molecular weight is 318 g/mol. The first kappa shape index (κ1) is 16.9. The zero-order valence-corrected chi connectivity index (χ0v) is 13.6. The van der Waals surface area contributed by atoms with Gasteiger partial charge in [0.2, 0.25) is 0 Å². The lowest BCUT2D eigenvalue weighted by Crippen LogP contribution is -2.30. The van der Waals surface area contributed by atoms with Crippen molar-refractivity contribution < 1.29 is 19.1 Å². The van der Waals surface area contributed by atoms with Crippen molar-refractivity contribution in [1.82, 2.24) is 4.98 Å². The molecule has 6 nitrogen and oxygen atoms in total. The van der Waals surface area contributed by atoms with Crippen molar-refractivity contribution in [2.24, 2.45) is 5.92 Å². The van der Waals surface area contributed by atoms with Crippen molar-refractivity contribution in [3.63, 3.8) is 0 Å². The van der Waals surface area contributed by atoms with Crippen molar-refractivity contribution in [1.29, 1.82) is 0 Å². The number of hydrogen-bond acceptors (Lipinski definition) is 5. The Morgan fingerprint density at radius 1 is 1.17 bits per heavy atom. The lowest BCUT2D eigenvalue weighted by Gasteiger charge is -2.14. The zero-order chi connectivity index (χ0) is 16.8. The third-order valence-electron chi connectivity index (χ3n) is 3.62. The lowest BCUT2D eigenvalue weighted by atomic mass is 9.98. The Morgan fingerprint density at radius 2 is 1.83 bits per heavy atom. The van der Waals surface area contributed by atoms with Crippen molar-refractivity contribution >= 4 is 28.5 Å². The van der Waals surface area contributed by atoms with Crippen LogP contribution in [0.25, 0.3) is 10.9 Å². The molecule has 1 aromatic carbocycles. The van der Waals surface area contributed by atoms with Crippen LogP contribution >= 0.6 is 0 Å². The fourth-order valence-electron chi connectivity index (χ4n) is 2.59. The molecule has 0 spiro atoms. The summed E-state index contributed by atoms with van der Waals surface area (Å²) in [7, 11) is 1.83. The number of anilines is 1. The number of carbonyl (C=O) groups excluding carboxylic acids is 2. The summed E-state index contributed by atoms with van der Waals surface area (Å²) in [6.45, 7) is 3.88. The van der Waals surface area contributed by atoms with E-state index in [0.717, 1.165) is 22.2 Å². The molecule has 0 bridgehead atoms. The summed E-state index contributed by atoms with van der Waals surface area (Å²) in [5.74, 6) is -2.07. The molecule has 0 saturated heterocycles. The maximum Gasteiger partial charge on any atom is 0.320 e. The Kier molecular flexibility index (Phi) is 5.62. The van der Waals surface area contributed by atoms with E-state index < -0.39 is 17.9 Å². The summed E-state index contributed by atoms with van der Waals surface area (Å²) >= 11 is 0. The number of aromatic amines is 1. The molecule has 2 aromatic rings. The molecule has 0 amide bonds. The van der Waals surface area contributed by atoms with Gasteiger partial charge in [0.1, 0.15) is 0 Å². The van der Waals surface area contributed by atoms with Crippen LogP contribution in [0.15, 0.2) is 24.4 Å². The van der Waals surface area contributed by atoms with E-state index in [2.05, 4.69) is 10.3 Å². The second kappa shape index (κ2) is 7.67. The van der Waals surface area contributed by atoms with Gasteiger partial charge in [-0.05, 0) is 38.0 Å². The van der Waals surface area contributed by atoms with Crippen LogP contribution < -0.4 is 5.32 Å². The largest absolute Gasteiger partial charge is 0.465 e. The molecule has 2 rings (SSSR count). The number of carbonyl (C=O) groups is 2. The smallest absolute Gasteiger partial charge is 0.320 e. The zero-order valence-electron chi connectivity index (χ0n) is 13.6. The molecular weight excluding hydrogens is 296 g/mol. The van der Waals surface area contributed by atoms with Crippen molar-refractivity contribution in [3.8, 4) is 0 Å². The number of fused-ring (bicyclic) bond motifs is 1. The van der Waals surface area contributed by atoms with Crippen LogP contribution in [0.3, 0.4) is 0 Å². The summed E-state index contributed by atoms with van der Waals surface area (Å²) < 4.78 is 10.0. The molecule has 124 valence electrons. The highest BCUT2D eigenvalue weighted by Crippen LogP contribution is 2.28. The molecule has 6 heteroatoms. The van der Waals surface area contributed by atoms with Crippen molar-refractivity contribution in [3.05, 3.63) is 30.0 Å². The number of aromatic nitrogens is 1. The standard InChI is InChI=1S/C17H22N2O4/c1-4-22-16(20)12(17(21)23-5-2)9-11-10-19-14-8-6-7-13(18-3)15(11)14/h6-8,10,12,18-19H,4-5,9H2,1-3H3. The molecular formula is C17H22N2O4. The maximum absolute atomic E-state index is 12.1. The molecule has 1 aromatic heterocycles. The molecule has 0 unspecified atom stereocenters. The third kappa shape index (κ3) is 3.64. The van der Waals surface area contributed by atoms with Gasteiger partial charge < -0.3 is 19.8 Å². The van der Waals surface area contributed by atoms with Crippen LogP contribution in [0.1, 0.15) is 19.4 Å². The molecule has 2 N–H and O–H groups in total. The Bertz CT molecular complexity index is 675. The first-order chi connectivity index (χ1) is 11.1. The van der Waals surface area contributed by atoms with Crippen molar-refractivity contribution in [2.75, 3.05) is 25.6 Å². The van der Waals surface area contributed by atoms with Gasteiger partial charge in [-0.2, -0.15) is 0 Å². The Hall–Kier alpha value is -2.50. The van der Waals surface area contributed by atoms with Crippen LogP contribution in [0.4, 0.5) is 5.69 Å². The minimum Gasteiger partial charge on any atom is -0.465 e. The van der Waals surface area contributed by atoms with Gasteiger partial charge in [-0.15, -0.1) is 0 Å². The predicted molar refractivity (Wildman–Crippen MR) is 88.3 cm³/mol. The lowest BCUT2D eigenvalue weighted by molar-refractivity contribution is -0.161. The normalized spacial score (nSPS) is 10.8. The van der Waals surface area contributed by atoms with Crippen LogP contribution in [-0.2, 0) is 25.5 Å². The fraction of sp³-hybridized carbons (Fsp3) is 0.412. The Balaban J connectivity index is 2.36. The van der Waals surface area contributed by atoms with Gasteiger partial charge in [-0.1, -0.05) is 6.07 Å². The highest BCUT2D eigenvalue weighted by molar-refractivity contribution is 5.98. The summed E-state index contributed by atoms with van der Waals surface area (Å²) in [6.07, 6.45) is 2.05. The van der Waals surface area contributed by atoms with E-state index in [1.54, 1.807) is 13.8 Å². The number of ether oxygens (including phenoxy) is 2. The number of nitrogens with one attached hydrogen (secondary N) is 2. The second-order valence-electron chi connectivity index (χ2n) is 5.05. The van der Waals surface area contributed by atoms with Crippen LogP contribution in [0.5, 0.6) is 0 Å². The number of esters is 2. The van der Waals surface area contributed by atoms with Crippen molar-refractivity contribution in [2.45, 2.75) is 20.3 Å². The topological polar surface area (TPSA) is 80.4 Å². The number of benzene rings is 1. The van der Waals surface area contributed by atoms with Gasteiger partial charge in [-0.25, -0.2) is 0 Å². The quantitative estimate of drug-likeness (QED) is 0.605. The molecule has 0 aliphatic carbocycles. The third-order valence-corrected chi connectivity index (χ3v) is 3.62. The van der Waals surface area contributed by atoms with E-state index in [-0.39, 0.29) is 19.6 Å². The Labute approximate surface area is 135 Å². The van der Waals surface area contributed by atoms with Gasteiger partial charge >= 0.3 is 11.9 Å². The summed E-state index contributed by atoms with van der Waals surface area (Å²) in [4.78, 5) is 27.4. The highest BCUT2D eigenvalue weighted by Gasteiger charge is 2.30. The number of H-pyrrole nitrogens is 1. The Morgan fingerprint density at radius 3 is 2.39 bits per heavy atom. The van der Waals surface area contributed by atoms with E-state index in [1.165, 1.54) is 0 Å². The molecule has 0 radical (unpaired) electrons. The molecule has 0 aliphatic rings. The number of hydrogen-bond donors (Lipinski definition) is 2. The van der Waals surface area contributed by atoms with Gasteiger partial charge in [0.05, 0.1) is 13.2 Å². The SMILES string of the molecule is CCOC(=O)C(Cc1c[nH]c2cccc(NC)c12)C(=O)OCC.